The molecule has 0 bridgehead atoms. The number of benzene rings is 1. The molecular formula is C16H20N2O. The summed E-state index contributed by atoms with van der Waals surface area (Å²) in [5.41, 5.74) is 1.89. The van der Waals surface area contributed by atoms with E-state index >= 15 is 0 Å². The fourth-order valence-corrected chi connectivity index (χ4v) is 3.12. The van der Waals surface area contributed by atoms with Crippen LogP contribution >= 0.6 is 0 Å². The van der Waals surface area contributed by atoms with Crippen molar-refractivity contribution in [3.05, 3.63) is 48.3 Å². The molecule has 0 saturated heterocycles. The van der Waals surface area contributed by atoms with E-state index in [1.807, 2.05) is 41.1 Å². The number of aromatic nitrogens is 2. The van der Waals surface area contributed by atoms with Crippen molar-refractivity contribution in [2.24, 2.45) is 5.41 Å². The average Bonchev–Trinajstić information content (AvgIpc) is 3.08. The molecule has 0 radical (unpaired) electrons. The summed E-state index contributed by atoms with van der Waals surface area (Å²) in [4.78, 5) is 0. The van der Waals surface area contributed by atoms with E-state index in [0.717, 1.165) is 24.2 Å². The van der Waals surface area contributed by atoms with Crippen molar-refractivity contribution in [1.82, 2.24) is 9.78 Å². The van der Waals surface area contributed by atoms with Crippen LogP contribution in [-0.4, -0.2) is 14.9 Å². The second-order valence-corrected chi connectivity index (χ2v) is 5.77. The molecule has 1 unspecified atom stereocenters. The van der Waals surface area contributed by atoms with Crippen molar-refractivity contribution < 1.29 is 5.11 Å². The van der Waals surface area contributed by atoms with Gasteiger partial charge in [0.2, 0.25) is 0 Å². The maximum Gasteiger partial charge on any atom is 0.101 e. The van der Waals surface area contributed by atoms with Crippen LogP contribution in [0.25, 0.3) is 5.69 Å². The zero-order chi connectivity index (χ0) is 13.3. The van der Waals surface area contributed by atoms with E-state index in [1.54, 1.807) is 6.20 Å². The Labute approximate surface area is 113 Å². The molecule has 19 heavy (non-hydrogen) atoms. The lowest BCUT2D eigenvalue weighted by molar-refractivity contribution is 0.0354. The maximum absolute atomic E-state index is 10.7. The van der Waals surface area contributed by atoms with Crippen molar-refractivity contribution in [2.45, 2.75) is 38.7 Å². The van der Waals surface area contributed by atoms with Gasteiger partial charge in [-0.15, -0.1) is 0 Å². The summed E-state index contributed by atoms with van der Waals surface area (Å²) in [6, 6.07) is 11.9. The predicted molar refractivity (Wildman–Crippen MR) is 75.1 cm³/mol. The Balaban J connectivity index is 1.96. The minimum absolute atomic E-state index is 0.00738. The molecule has 1 heterocycles. The van der Waals surface area contributed by atoms with Crippen LogP contribution in [0.4, 0.5) is 0 Å². The molecule has 1 saturated carbocycles. The van der Waals surface area contributed by atoms with E-state index in [1.165, 1.54) is 12.8 Å². The van der Waals surface area contributed by atoms with E-state index in [0.29, 0.717) is 0 Å². The first-order chi connectivity index (χ1) is 9.21. The normalized spacial score (nSPS) is 19.5. The molecule has 1 fully saturated rings. The van der Waals surface area contributed by atoms with Crippen molar-refractivity contribution in [2.75, 3.05) is 0 Å². The molecule has 1 atom stereocenters. The van der Waals surface area contributed by atoms with Crippen LogP contribution in [0, 0.1) is 5.41 Å². The lowest BCUT2D eigenvalue weighted by Crippen LogP contribution is -2.24. The number of rotatable bonds is 3. The first-order valence-corrected chi connectivity index (χ1v) is 6.98. The summed E-state index contributed by atoms with van der Waals surface area (Å²) >= 11 is 0. The summed E-state index contributed by atoms with van der Waals surface area (Å²) in [6.45, 7) is 2.19. The molecule has 1 aromatic heterocycles. The van der Waals surface area contributed by atoms with Crippen molar-refractivity contribution in [3.8, 4) is 5.69 Å². The van der Waals surface area contributed by atoms with Gasteiger partial charge in [-0.3, -0.25) is 0 Å². The molecule has 0 spiro atoms. The van der Waals surface area contributed by atoms with E-state index in [4.69, 9.17) is 0 Å². The fourth-order valence-electron chi connectivity index (χ4n) is 3.12. The van der Waals surface area contributed by atoms with Gasteiger partial charge in [0, 0.05) is 6.20 Å². The molecule has 1 aromatic carbocycles. The molecule has 0 amide bonds. The van der Waals surface area contributed by atoms with E-state index in [2.05, 4.69) is 12.0 Å². The summed E-state index contributed by atoms with van der Waals surface area (Å²) in [7, 11) is 0. The van der Waals surface area contributed by atoms with E-state index in [9.17, 15) is 5.11 Å². The molecule has 3 nitrogen and oxygen atoms in total. The Morgan fingerprint density at radius 3 is 2.53 bits per heavy atom. The number of para-hydroxylation sites is 1. The standard InChI is InChI=1S/C16H20N2O/c1-16(10-5-6-11-16)15(19)14-9-12-17-18(14)13-7-3-2-4-8-13/h2-4,7-9,12,15,19H,5-6,10-11H2,1H3. The van der Waals surface area contributed by atoms with E-state index in [-0.39, 0.29) is 5.41 Å². The SMILES string of the molecule is CC1(C(O)c2ccnn2-c2ccccc2)CCCC1. The minimum atomic E-state index is -0.447. The van der Waals surface area contributed by atoms with Crippen LogP contribution < -0.4 is 0 Å². The highest BCUT2D eigenvalue weighted by molar-refractivity contribution is 5.33. The van der Waals surface area contributed by atoms with Gasteiger partial charge in [-0.2, -0.15) is 5.10 Å². The zero-order valence-electron chi connectivity index (χ0n) is 11.3. The first-order valence-electron chi connectivity index (χ1n) is 6.98. The molecule has 1 aliphatic rings. The second-order valence-electron chi connectivity index (χ2n) is 5.77. The summed E-state index contributed by atoms with van der Waals surface area (Å²) in [5.74, 6) is 0. The Morgan fingerprint density at radius 2 is 1.84 bits per heavy atom. The zero-order valence-corrected chi connectivity index (χ0v) is 11.3. The van der Waals surface area contributed by atoms with Gasteiger partial charge in [-0.25, -0.2) is 4.68 Å². The fraction of sp³-hybridized carbons (Fsp3) is 0.438. The van der Waals surface area contributed by atoms with Gasteiger partial charge in [0.25, 0.3) is 0 Å². The molecule has 2 aromatic rings. The Hall–Kier alpha value is -1.61. The lowest BCUT2D eigenvalue weighted by Gasteiger charge is -2.30. The molecular weight excluding hydrogens is 236 g/mol. The van der Waals surface area contributed by atoms with Crippen molar-refractivity contribution >= 4 is 0 Å². The molecule has 0 aliphatic heterocycles. The van der Waals surface area contributed by atoms with Crippen LogP contribution in [-0.2, 0) is 0 Å². The molecule has 3 rings (SSSR count). The second kappa shape index (κ2) is 4.82. The maximum atomic E-state index is 10.7. The van der Waals surface area contributed by atoms with Gasteiger partial charge >= 0.3 is 0 Å². The quantitative estimate of drug-likeness (QED) is 0.913. The van der Waals surface area contributed by atoms with E-state index < -0.39 is 6.10 Å². The largest absolute Gasteiger partial charge is 0.386 e. The van der Waals surface area contributed by atoms with Crippen molar-refractivity contribution in [3.63, 3.8) is 0 Å². The Morgan fingerprint density at radius 1 is 1.16 bits per heavy atom. The van der Waals surface area contributed by atoms with Gasteiger partial charge in [0.15, 0.2) is 0 Å². The summed E-state index contributed by atoms with van der Waals surface area (Å²) < 4.78 is 1.86. The Bertz CT molecular complexity index is 541. The van der Waals surface area contributed by atoms with Crippen LogP contribution in [0.2, 0.25) is 0 Å². The summed E-state index contributed by atoms with van der Waals surface area (Å²) in [6.07, 6.45) is 5.93. The molecule has 1 N–H and O–H groups in total. The highest BCUT2D eigenvalue weighted by atomic mass is 16.3. The van der Waals surface area contributed by atoms with Crippen molar-refractivity contribution in [1.29, 1.82) is 0 Å². The third kappa shape index (κ3) is 2.19. The van der Waals surface area contributed by atoms with Gasteiger partial charge in [0.1, 0.15) is 6.10 Å². The number of hydrogen-bond donors (Lipinski definition) is 1. The molecule has 100 valence electrons. The van der Waals surface area contributed by atoms with Gasteiger partial charge in [-0.1, -0.05) is 38.0 Å². The number of hydrogen-bond acceptors (Lipinski definition) is 2. The smallest absolute Gasteiger partial charge is 0.101 e. The monoisotopic (exact) mass is 256 g/mol. The number of aliphatic hydroxyl groups excluding tert-OH is 1. The summed E-state index contributed by atoms with van der Waals surface area (Å²) in [5, 5.41) is 15.1. The van der Waals surface area contributed by atoms with Gasteiger partial charge in [-0.05, 0) is 36.5 Å². The third-order valence-corrected chi connectivity index (χ3v) is 4.36. The first kappa shape index (κ1) is 12.4. The topological polar surface area (TPSA) is 38.1 Å². The van der Waals surface area contributed by atoms with Crippen LogP contribution in [0.5, 0.6) is 0 Å². The Kier molecular flexibility index (Phi) is 3.15. The third-order valence-electron chi connectivity index (χ3n) is 4.36. The minimum Gasteiger partial charge on any atom is -0.386 e. The number of aliphatic hydroxyl groups is 1. The average molecular weight is 256 g/mol. The predicted octanol–water partition coefficient (Wildman–Crippen LogP) is 3.49. The highest BCUT2D eigenvalue weighted by Gasteiger charge is 2.38. The highest BCUT2D eigenvalue weighted by Crippen LogP contribution is 2.47. The number of nitrogens with zero attached hydrogens (tertiary/aromatic N) is 2. The van der Waals surface area contributed by atoms with Crippen LogP contribution in [0.1, 0.15) is 44.4 Å². The van der Waals surface area contributed by atoms with Crippen LogP contribution in [0.3, 0.4) is 0 Å². The van der Waals surface area contributed by atoms with Gasteiger partial charge in [0.05, 0.1) is 11.4 Å². The van der Waals surface area contributed by atoms with Gasteiger partial charge < -0.3 is 5.11 Å². The molecule has 1 aliphatic carbocycles. The lowest BCUT2D eigenvalue weighted by atomic mass is 9.81. The molecule has 3 heteroatoms. The van der Waals surface area contributed by atoms with Crippen LogP contribution in [0.15, 0.2) is 42.6 Å².